The van der Waals surface area contributed by atoms with Crippen molar-refractivity contribution in [3.05, 3.63) is 52.0 Å². The number of aryl methyl sites for hydroxylation is 1. The lowest BCUT2D eigenvalue weighted by Crippen LogP contribution is -2.20. The van der Waals surface area contributed by atoms with Crippen molar-refractivity contribution in [1.82, 2.24) is 0 Å². The lowest BCUT2D eigenvalue weighted by atomic mass is 10.0. The quantitative estimate of drug-likeness (QED) is 0.424. The molecule has 2 rings (SSSR count). The standard InChI is InChI=1S/C23H30BrNO3/c1-5-6-7-12-27-19-10-8-18(9-11-19)25-23(26)15-28-22-13-17(4)21(24)14-20(22)16(2)3/h8-11,13-14,16H,5-7,12,15H2,1-4H3,(H,25,26). The summed E-state index contributed by atoms with van der Waals surface area (Å²) >= 11 is 3.56. The van der Waals surface area contributed by atoms with Gasteiger partial charge in [-0.25, -0.2) is 0 Å². The number of unbranched alkanes of at least 4 members (excludes halogenated alkanes) is 2. The molecule has 0 radical (unpaired) electrons. The first-order valence-electron chi connectivity index (χ1n) is 9.86. The van der Waals surface area contributed by atoms with E-state index in [-0.39, 0.29) is 12.5 Å². The van der Waals surface area contributed by atoms with Crippen LogP contribution in [0.15, 0.2) is 40.9 Å². The Morgan fingerprint density at radius 2 is 1.82 bits per heavy atom. The third-order valence-corrected chi connectivity index (χ3v) is 5.28. The summed E-state index contributed by atoms with van der Waals surface area (Å²) in [5, 5.41) is 2.86. The Kier molecular flexibility index (Phi) is 8.84. The van der Waals surface area contributed by atoms with Gasteiger partial charge in [-0.1, -0.05) is 49.5 Å². The van der Waals surface area contributed by atoms with Crippen molar-refractivity contribution in [3.63, 3.8) is 0 Å². The highest BCUT2D eigenvalue weighted by molar-refractivity contribution is 9.10. The summed E-state index contributed by atoms with van der Waals surface area (Å²) in [6, 6.07) is 11.5. The number of rotatable bonds is 10. The van der Waals surface area contributed by atoms with Crippen LogP contribution in [0.4, 0.5) is 5.69 Å². The average Bonchev–Trinajstić information content (AvgIpc) is 2.67. The van der Waals surface area contributed by atoms with Crippen molar-refractivity contribution in [2.45, 2.75) is 52.9 Å². The molecule has 0 bridgehead atoms. The minimum atomic E-state index is -0.188. The second kappa shape index (κ2) is 11.1. The number of carbonyl (C=O) groups is 1. The number of halogens is 1. The molecule has 0 saturated heterocycles. The van der Waals surface area contributed by atoms with Crippen LogP contribution in [0.2, 0.25) is 0 Å². The van der Waals surface area contributed by atoms with E-state index in [1.165, 1.54) is 12.8 Å². The van der Waals surface area contributed by atoms with Crippen LogP contribution in [-0.4, -0.2) is 19.1 Å². The Balaban J connectivity index is 1.88. The molecule has 0 heterocycles. The van der Waals surface area contributed by atoms with Crippen LogP contribution < -0.4 is 14.8 Å². The average molecular weight is 448 g/mol. The number of hydrogen-bond donors (Lipinski definition) is 1. The smallest absolute Gasteiger partial charge is 0.262 e. The number of carbonyl (C=O) groups excluding carboxylic acids is 1. The normalized spacial score (nSPS) is 10.8. The van der Waals surface area contributed by atoms with Gasteiger partial charge < -0.3 is 14.8 Å². The summed E-state index contributed by atoms with van der Waals surface area (Å²) in [5.74, 6) is 1.69. The van der Waals surface area contributed by atoms with Crippen molar-refractivity contribution >= 4 is 27.5 Å². The molecule has 152 valence electrons. The number of ether oxygens (including phenoxy) is 2. The van der Waals surface area contributed by atoms with E-state index in [2.05, 4.69) is 48.1 Å². The molecular formula is C23H30BrNO3. The maximum Gasteiger partial charge on any atom is 0.262 e. The van der Waals surface area contributed by atoms with Crippen LogP contribution in [0.1, 0.15) is 57.1 Å². The molecule has 4 nitrogen and oxygen atoms in total. The zero-order chi connectivity index (χ0) is 20.5. The van der Waals surface area contributed by atoms with Gasteiger partial charge in [-0.05, 0) is 66.8 Å². The van der Waals surface area contributed by atoms with E-state index >= 15 is 0 Å². The zero-order valence-corrected chi connectivity index (χ0v) is 18.8. The summed E-state index contributed by atoms with van der Waals surface area (Å²) in [7, 11) is 0. The molecule has 5 heteroatoms. The Morgan fingerprint density at radius 3 is 2.46 bits per heavy atom. The lowest BCUT2D eigenvalue weighted by Gasteiger charge is -2.16. The van der Waals surface area contributed by atoms with Crippen LogP contribution in [-0.2, 0) is 4.79 Å². The van der Waals surface area contributed by atoms with Crippen molar-refractivity contribution in [1.29, 1.82) is 0 Å². The van der Waals surface area contributed by atoms with Gasteiger partial charge in [0, 0.05) is 10.2 Å². The molecule has 0 aromatic heterocycles. The number of benzene rings is 2. The number of amides is 1. The van der Waals surface area contributed by atoms with E-state index < -0.39 is 0 Å². The number of nitrogens with one attached hydrogen (secondary N) is 1. The first kappa shape index (κ1) is 22.3. The van der Waals surface area contributed by atoms with Gasteiger partial charge in [0.05, 0.1) is 6.61 Å². The van der Waals surface area contributed by atoms with Gasteiger partial charge in [0.15, 0.2) is 6.61 Å². The SMILES string of the molecule is CCCCCOc1ccc(NC(=O)COc2cc(C)c(Br)cc2C(C)C)cc1. The minimum Gasteiger partial charge on any atom is -0.494 e. The van der Waals surface area contributed by atoms with E-state index in [1.807, 2.05) is 37.3 Å². The molecule has 0 aliphatic rings. The second-order valence-electron chi connectivity index (χ2n) is 7.21. The lowest BCUT2D eigenvalue weighted by molar-refractivity contribution is -0.118. The maximum absolute atomic E-state index is 12.3. The fourth-order valence-electron chi connectivity index (χ4n) is 2.76. The molecule has 2 aromatic rings. The van der Waals surface area contributed by atoms with Gasteiger partial charge in [-0.3, -0.25) is 4.79 Å². The molecular weight excluding hydrogens is 418 g/mol. The third-order valence-electron chi connectivity index (χ3n) is 4.43. The predicted octanol–water partition coefficient (Wildman–Crippen LogP) is 6.47. The van der Waals surface area contributed by atoms with Crippen molar-refractivity contribution in [2.75, 3.05) is 18.5 Å². The summed E-state index contributed by atoms with van der Waals surface area (Å²) in [5.41, 5.74) is 2.88. The van der Waals surface area contributed by atoms with Crippen LogP contribution in [0.3, 0.4) is 0 Å². The van der Waals surface area contributed by atoms with E-state index in [9.17, 15) is 4.79 Å². The van der Waals surface area contributed by atoms with Crippen LogP contribution in [0.5, 0.6) is 11.5 Å². The molecule has 0 aliphatic heterocycles. The fraction of sp³-hybridized carbons (Fsp3) is 0.435. The molecule has 0 aliphatic carbocycles. The van der Waals surface area contributed by atoms with E-state index in [1.54, 1.807) is 0 Å². The molecule has 28 heavy (non-hydrogen) atoms. The molecule has 2 aromatic carbocycles. The summed E-state index contributed by atoms with van der Waals surface area (Å²) in [4.78, 5) is 12.3. The predicted molar refractivity (Wildman–Crippen MR) is 119 cm³/mol. The Morgan fingerprint density at radius 1 is 1.11 bits per heavy atom. The Labute approximate surface area is 176 Å². The fourth-order valence-corrected chi connectivity index (χ4v) is 3.12. The van der Waals surface area contributed by atoms with E-state index in [0.717, 1.165) is 45.8 Å². The first-order valence-corrected chi connectivity index (χ1v) is 10.7. The molecule has 0 spiro atoms. The topological polar surface area (TPSA) is 47.6 Å². The Bertz CT molecular complexity index is 772. The van der Waals surface area contributed by atoms with Crippen molar-refractivity contribution in [3.8, 4) is 11.5 Å². The van der Waals surface area contributed by atoms with Gasteiger partial charge >= 0.3 is 0 Å². The van der Waals surface area contributed by atoms with E-state index in [4.69, 9.17) is 9.47 Å². The molecule has 0 fully saturated rings. The molecule has 0 saturated carbocycles. The highest BCUT2D eigenvalue weighted by Gasteiger charge is 2.12. The van der Waals surface area contributed by atoms with Crippen LogP contribution in [0, 0.1) is 6.92 Å². The van der Waals surface area contributed by atoms with Gasteiger partial charge in [-0.15, -0.1) is 0 Å². The maximum atomic E-state index is 12.3. The minimum absolute atomic E-state index is 0.0317. The van der Waals surface area contributed by atoms with Gasteiger partial charge in [-0.2, -0.15) is 0 Å². The van der Waals surface area contributed by atoms with Gasteiger partial charge in [0.25, 0.3) is 5.91 Å². The number of hydrogen-bond acceptors (Lipinski definition) is 3. The second-order valence-corrected chi connectivity index (χ2v) is 8.07. The van der Waals surface area contributed by atoms with E-state index in [0.29, 0.717) is 5.92 Å². The van der Waals surface area contributed by atoms with Crippen molar-refractivity contribution in [2.24, 2.45) is 0 Å². The van der Waals surface area contributed by atoms with Gasteiger partial charge in [0.1, 0.15) is 11.5 Å². The van der Waals surface area contributed by atoms with Gasteiger partial charge in [0.2, 0.25) is 0 Å². The zero-order valence-electron chi connectivity index (χ0n) is 17.2. The first-order chi connectivity index (χ1) is 13.4. The highest BCUT2D eigenvalue weighted by atomic mass is 79.9. The third kappa shape index (κ3) is 6.86. The molecule has 1 N–H and O–H groups in total. The molecule has 1 amide bonds. The molecule has 0 unspecified atom stereocenters. The van der Waals surface area contributed by atoms with Crippen LogP contribution in [0.25, 0.3) is 0 Å². The summed E-state index contributed by atoms with van der Waals surface area (Å²) in [6.45, 7) is 9.08. The monoisotopic (exact) mass is 447 g/mol. The summed E-state index contributed by atoms with van der Waals surface area (Å²) < 4.78 is 12.5. The highest BCUT2D eigenvalue weighted by Crippen LogP contribution is 2.32. The van der Waals surface area contributed by atoms with Crippen LogP contribution >= 0.6 is 15.9 Å². The largest absolute Gasteiger partial charge is 0.494 e. The summed E-state index contributed by atoms with van der Waals surface area (Å²) in [6.07, 6.45) is 3.40. The number of anilines is 1. The Hall–Kier alpha value is -2.01. The molecule has 0 atom stereocenters. The van der Waals surface area contributed by atoms with Crippen molar-refractivity contribution < 1.29 is 14.3 Å².